The molecule has 0 aliphatic rings. The highest BCUT2D eigenvalue weighted by atomic mass is 16.5. The molecular weight excluding hydrogens is 344 g/mol. The second kappa shape index (κ2) is 8.59. The molecule has 3 rings (SSSR count). The second-order valence-electron chi connectivity index (χ2n) is 5.97. The number of nitrogens with one attached hydrogen (secondary N) is 1. The first-order chi connectivity index (χ1) is 13.2. The first-order valence-electron chi connectivity index (χ1n) is 8.89. The van der Waals surface area contributed by atoms with Crippen molar-refractivity contribution >= 4 is 5.65 Å². The molecule has 3 heterocycles. The number of ether oxygens (including phenoxy) is 2. The quantitative estimate of drug-likeness (QED) is 0.459. The molecule has 0 aliphatic heterocycles. The van der Waals surface area contributed by atoms with E-state index in [9.17, 15) is 0 Å². The molecule has 0 saturated heterocycles. The molecule has 0 bridgehead atoms. The fourth-order valence-electron chi connectivity index (χ4n) is 2.74. The maximum atomic E-state index is 5.80. The molecule has 8 heteroatoms. The molecule has 27 heavy (non-hydrogen) atoms. The predicted octanol–water partition coefficient (Wildman–Crippen LogP) is 2.82. The first kappa shape index (κ1) is 18.8. The number of nitrogens with zero attached hydrogens (tertiary/aromatic N) is 5. The second-order valence-corrected chi connectivity index (χ2v) is 5.97. The van der Waals surface area contributed by atoms with Crippen LogP contribution in [0.15, 0.2) is 37.4 Å². The summed E-state index contributed by atoms with van der Waals surface area (Å²) in [5.41, 5.74) is 2.96. The zero-order valence-corrected chi connectivity index (χ0v) is 15.8. The van der Waals surface area contributed by atoms with E-state index >= 15 is 0 Å². The van der Waals surface area contributed by atoms with E-state index in [2.05, 4.69) is 45.8 Å². The molecule has 8 nitrogen and oxygen atoms in total. The van der Waals surface area contributed by atoms with E-state index in [1.54, 1.807) is 23.9 Å². The summed E-state index contributed by atoms with van der Waals surface area (Å²) in [6, 6.07) is 2.09. The van der Waals surface area contributed by atoms with Crippen molar-refractivity contribution in [3.05, 3.63) is 43.1 Å². The van der Waals surface area contributed by atoms with Crippen molar-refractivity contribution < 1.29 is 9.47 Å². The van der Waals surface area contributed by atoms with E-state index in [4.69, 9.17) is 9.47 Å². The van der Waals surface area contributed by atoms with Gasteiger partial charge in [0.05, 0.1) is 37.5 Å². The molecule has 1 N–H and O–H groups in total. The van der Waals surface area contributed by atoms with Gasteiger partial charge < -0.3 is 14.8 Å². The Bertz CT molecular complexity index is 924. The molecule has 0 radical (unpaired) electrons. The van der Waals surface area contributed by atoms with Gasteiger partial charge in [-0.25, -0.2) is 14.5 Å². The van der Waals surface area contributed by atoms with Gasteiger partial charge in [0.1, 0.15) is 12.1 Å². The number of hydrogen-bond donors (Lipinski definition) is 1. The van der Waals surface area contributed by atoms with Crippen molar-refractivity contribution in [2.75, 3.05) is 20.3 Å². The van der Waals surface area contributed by atoms with Crippen molar-refractivity contribution in [2.24, 2.45) is 0 Å². The minimum absolute atomic E-state index is 0.109. The van der Waals surface area contributed by atoms with Crippen molar-refractivity contribution in [2.45, 2.75) is 26.3 Å². The van der Waals surface area contributed by atoms with Crippen LogP contribution in [-0.2, 0) is 0 Å². The third-order valence-electron chi connectivity index (χ3n) is 4.13. The maximum absolute atomic E-state index is 5.80. The standard InChI is InChI=1S/C19H24N6O2/c1-5-7-8-27-19-18-22-12-23-25(18)11-16(24-19)14-9-15(13(3)20-6-2)21-10-17(14)26-4/h5,9-13,20H,1,6-8H2,2-4H3. The summed E-state index contributed by atoms with van der Waals surface area (Å²) in [6.45, 7) is 9.17. The lowest BCUT2D eigenvalue weighted by atomic mass is 10.1. The topological polar surface area (TPSA) is 86.5 Å². The van der Waals surface area contributed by atoms with Crippen LogP contribution < -0.4 is 14.8 Å². The molecule has 1 unspecified atom stereocenters. The van der Waals surface area contributed by atoms with Gasteiger partial charge in [0, 0.05) is 11.6 Å². The summed E-state index contributed by atoms with van der Waals surface area (Å²) in [6.07, 6.45) is 7.51. The lowest BCUT2D eigenvalue weighted by Crippen LogP contribution is -2.18. The Labute approximate surface area is 158 Å². The lowest BCUT2D eigenvalue weighted by Gasteiger charge is -2.15. The minimum Gasteiger partial charge on any atom is -0.494 e. The van der Waals surface area contributed by atoms with Crippen molar-refractivity contribution in [3.8, 4) is 22.9 Å². The number of rotatable bonds is 9. The maximum Gasteiger partial charge on any atom is 0.260 e. The molecule has 0 aliphatic carbocycles. The fourth-order valence-corrected chi connectivity index (χ4v) is 2.74. The Balaban J connectivity index is 2.07. The van der Waals surface area contributed by atoms with Crippen LogP contribution in [0, 0.1) is 0 Å². The number of aromatic nitrogens is 5. The Hall–Kier alpha value is -3.00. The average Bonchev–Trinajstić information content (AvgIpc) is 3.16. The molecule has 0 amide bonds. The average molecular weight is 368 g/mol. The van der Waals surface area contributed by atoms with Gasteiger partial charge >= 0.3 is 0 Å². The van der Waals surface area contributed by atoms with Crippen molar-refractivity contribution in [1.29, 1.82) is 0 Å². The van der Waals surface area contributed by atoms with E-state index in [1.165, 1.54) is 6.33 Å². The Morgan fingerprint density at radius 3 is 2.96 bits per heavy atom. The van der Waals surface area contributed by atoms with E-state index in [-0.39, 0.29) is 6.04 Å². The van der Waals surface area contributed by atoms with Crippen LogP contribution in [0.4, 0.5) is 0 Å². The third-order valence-corrected chi connectivity index (χ3v) is 4.13. The molecule has 0 fully saturated rings. The van der Waals surface area contributed by atoms with E-state index in [0.29, 0.717) is 29.6 Å². The van der Waals surface area contributed by atoms with Crippen LogP contribution in [0.25, 0.3) is 16.9 Å². The molecule has 0 spiro atoms. The van der Waals surface area contributed by atoms with Crippen LogP contribution in [-0.4, -0.2) is 44.8 Å². The highest BCUT2D eigenvalue weighted by Gasteiger charge is 2.17. The zero-order valence-electron chi connectivity index (χ0n) is 15.8. The number of fused-ring (bicyclic) bond motifs is 1. The molecular formula is C19H24N6O2. The van der Waals surface area contributed by atoms with Crippen molar-refractivity contribution in [1.82, 2.24) is 29.9 Å². The SMILES string of the molecule is C=CCCOc1nc(-c2cc(C(C)NCC)ncc2OC)cn2ncnc12. The van der Waals surface area contributed by atoms with E-state index in [0.717, 1.165) is 24.2 Å². The minimum atomic E-state index is 0.109. The summed E-state index contributed by atoms with van der Waals surface area (Å²) >= 11 is 0. The van der Waals surface area contributed by atoms with E-state index in [1.807, 2.05) is 12.3 Å². The fraction of sp³-hybridized carbons (Fsp3) is 0.368. The Morgan fingerprint density at radius 2 is 2.22 bits per heavy atom. The highest BCUT2D eigenvalue weighted by Crippen LogP contribution is 2.31. The Morgan fingerprint density at radius 1 is 1.37 bits per heavy atom. The van der Waals surface area contributed by atoms with Crippen LogP contribution in [0.1, 0.15) is 32.0 Å². The van der Waals surface area contributed by atoms with Gasteiger partial charge in [-0.2, -0.15) is 5.10 Å². The molecule has 3 aromatic rings. The molecule has 142 valence electrons. The summed E-state index contributed by atoms with van der Waals surface area (Å²) in [4.78, 5) is 13.4. The van der Waals surface area contributed by atoms with Crippen molar-refractivity contribution in [3.63, 3.8) is 0 Å². The molecule has 3 aromatic heterocycles. The smallest absolute Gasteiger partial charge is 0.260 e. The normalized spacial score (nSPS) is 12.1. The summed E-state index contributed by atoms with van der Waals surface area (Å²) in [7, 11) is 1.61. The summed E-state index contributed by atoms with van der Waals surface area (Å²) in [5.74, 6) is 1.05. The molecule has 1 atom stereocenters. The number of pyridine rings is 1. The molecule has 0 saturated carbocycles. The van der Waals surface area contributed by atoms with Gasteiger partial charge in [-0.1, -0.05) is 13.0 Å². The summed E-state index contributed by atoms with van der Waals surface area (Å²) in [5, 5.41) is 7.60. The van der Waals surface area contributed by atoms with Gasteiger partial charge in [0.15, 0.2) is 0 Å². The largest absolute Gasteiger partial charge is 0.494 e. The lowest BCUT2D eigenvalue weighted by molar-refractivity contribution is 0.314. The number of hydrogen-bond acceptors (Lipinski definition) is 7. The van der Waals surface area contributed by atoms with Gasteiger partial charge in [-0.05, 0) is 26.0 Å². The number of methoxy groups -OCH3 is 1. The van der Waals surface area contributed by atoms with E-state index < -0.39 is 0 Å². The highest BCUT2D eigenvalue weighted by molar-refractivity contribution is 5.68. The molecule has 0 aromatic carbocycles. The summed E-state index contributed by atoms with van der Waals surface area (Å²) < 4.78 is 13.0. The monoisotopic (exact) mass is 368 g/mol. The van der Waals surface area contributed by atoms with Crippen LogP contribution in [0.3, 0.4) is 0 Å². The third kappa shape index (κ3) is 4.06. The van der Waals surface area contributed by atoms with Gasteiger partial charge in [0.25, 0.3) is 5.88 Å². The predicted molar refractivity (Wildman–Crippen MR) is 103 cm³/mol. The Kier molecular flexibility index (Phi) is 5.97. The zero-order chi connectivity index (χ0) is 19.2. The first-order valence-corrected chi connectivity index (χ1v) is 8.89. The van der Waals surface area contributed by atoms with Crippen LogP contribution in [0.2, 0.25) is 0 Å². The van der Waals surface area contributed by atoms with Gasteiger partial charge in [0.2, 0.25) is 5.65 Å². The van der Waals surface area contributed by atoms with Gasteiger partial charge in [-0.3, -0.25) is 4.98 Å². The van der Waals surface area contributed by atoms with Gasteiger partial charge in [-0.15, -0.1) is 6.58 Å². The van der Waals surface area contributed by atoms with Crippen LogP contribution >= 0.6 is 0 Å². The van der Waals surface area contributed by atoms with Crippen LogP contribution in [0.5, 0.6) is 11.6 Å².